The van der Waals surface area contributed by atoms with Crippen molar-refractivity contribution in [1.29, 1.82) is 0 Å². The van der Waals surface area contributed by atoms with E-state index in [1.165, 1.54) is 0 Å². The van der Waals surface area contributed by atoms with Crippen molar-refractivity contribution in [3.05, 3.63) is 11.6 Å². The molecule has 0 spiro atoms. The van der Waals surface area contributed by atoms with E-state index in [0.717, 1.165) is 0 Å². The summed E-state index contributed by atoms with van der Waals surface area (Å²) in [7, 11) is 0. The van der Waals surface area contributed by atoms with Crippen LogP contribution in [0.25, 0.3) is 0 Å². The summed E-state index contributed by atoms with van der Waals surface area (Å²) in [6.07, 6.45) is 7.84. The molecule has 0 fully saturated rings. The molecule has 0 aliphatic heterocycles. The first kappa shape index (κ1) is 8.77. The van der Waals surface area contributed by atoms with Crippen LogP contribution in [0.2, 0.25) is 0 Å². The van der Waals surface area contributed by atoms with Crippen LogP contribution in [0.4, 0.5) is 0 Å². The van der Waals surface area contributed by atoms with Crippen LogP contribution in [0.1, 0.15) is 19.8 Å². The molecule has 0 aromatic rings. The van der Waals surface area contributed by atoms with Crippen molar-refractivity contribution < 1.29 is 9.90 Å². The van der Waals surface area contributed by atoms with Gasteiger partial charge in [0.15, 0.2) is 0 Å². The molecule has 2 heteroatoms. The van der Waals surface area contributed by atoms with Gasteiger partial charge in [0.05, 0.1) is 0 Å². The Morgan fingerprint density at radius 3 is 2.80 bits per heavy atom. The molecule has 54 valence electrons. The van der Waals surface area contributed by atoms with E-state index in [0.29, 0.717) is 18.4 Å². The maximum absolute atomic E-state index is 10.2. The van der Waals surface area contributed by atoms with Crippen molar-refractivity contribution >= 4 is 5.97 Å². The lowest BCUT2D eigenvalue weighted by Crippen LogP contribution is -1.95. The Balaban J connectivity index is 3.72. The van der Waals surface area contributed by atoms with Crippen LogP contribution >= 0.6 is 0 Å². The van der Waals surface area contributed by atoms with Crippen molar-refractivity contribution in [2.24, 2.45) is 0 Å². The molecule has 0 unspecified atom stereocenters. The highest BCUT2D eigenvalue weighted by Gasteiger charge is 1.96. The van der Waals surface area contributed by atoms with Gasteiger partial charge in [0, 0.05) is 12.0 Å². The van der Waals surface area contributed by atoms with Crippen LogP contribution in [0.5, 0.6) is 0 Å². The number of carboxylic acids is 1. The zero-order chi connectivity index (χ0) is 7.98. The van der Waals surface area contributed by atoms with Gasteiger partial charge in [-0.05, 0) is 13.3 Å². The average Bonchev–Trinajstić information content (AvgIpc) is 1.88. The third-order valence-corrected chi connectivity index (χ3v) is 1.08. The number of terminal acetylenes is 1. The normalized spacial score (nSPS) is 10.6. The van der Waals surface area contributed by atoms with Crippen LogP contribution in [0.15, 0.2) is 11.6 Å². The number of carboxylic acid groups (broad SMARTS) is 1. The van der Waals surface area contributed by atoms with E-state index in [1.807, 2.05) is 0 Å². The maximum Gasteiger partial charge on any atom is 0.330 e. The highest BCUT2D eigenvalue weighted by molar-refractivity contribution is 5.85. The predicted molar refractivity (Wildman–Crippen MR) is 39.5 cm³/mol. The summed E-state index contributed by atoms with van der Waals surface area (Å²) in [5.41, 5.74) is 0.357. The van der Waals surface area contributed by atoms with Crippen LogP contribution in [-0.4, -0.2) is 11.1 Å². The lowest BCUT2D eigenvalue weighted by atomic mass is 10.2. The van der Waals surface area contributed by atoms with Gasteiger partial charge in [0.2, 0.25) is 0 Å². The van der Waals surface area contributed by atoms with Gasteiger partial charge in [-0.2, -0.15) is 0 Å². The van der Waals surface area contributed by atoms with Crippen molar-refractivity contribution in [2.75, 3.05) is 0 Å². The lowest BCUT2D eigenvalue weighted by Gasteiger charge is -1.89. The number of unbranched alkanes of at least 4 members (excludes halogenated alkanes) is 1. The van der Waals surface area contributed by atoms with E-state index in [1.54, 1.807) is 13.0 Å². The molecule has 0 saturated carbocycles. The smallest absolute Gasteiger partial charge is 0.330 e. The number of allylic oxidation sites excluding steroid dienone is 1. The first-order valence-corrected chi connectivity index (χ1v) is 3.02. The fraction of sp³-hybridized carbons (Fsp3) is 0.375. The first-order valence-electron chi connectivity index (χ1n) is 3.02. The Hall–Kier alpha value is -1.23. The Morgan fingerprint density at radius 2 is 2.40 bits per heavy atom. The van der Waals surface area contributed by atoms with Gasteiger partial charge in [-0.1, -0.05) is 6.08 Å². The first-order chi connectivity index (χ1) is 4.68. The number of rotatable bonds is 3. The van der Waals surface area contributed by atoms with Gasteiger partial charge in [0.1, 0.15) is 0 Å². The third kappa shape index (κ3) is 3.73. The number of hydrogen-bond donors (Lipinski definition) is 1. The number of hydrogen-bond acceptors (Lipinski definition) is 1. The number of carbonyl (C=O) groups is 1. The Labute approximate surface area is 60.6 Å². The molecule has 1 N–H and O–H groups in total. The fourth-order valence-corrected chi connectivity index (χ4v) is 0.459. The second-order valence-corrected chi connectivity index (χ2v) is 1.94. The molecule has 0 atom stereocenters. The predicted octanol–water partition coefficient (Wildman–Crippen LogP) is 1.43. The molecule has 0 radical (unpaired) electrons. The van der Waals surface area contributed by atoms with Crippen LogP contribution in [-0.2, 0) is 4.79 Å². The summed E-state index contributed by atoms with van der Waals surface area (Å²) in [6, 6.07) is 0. The summed E-state index contributed by atoms with van der Waals surface area (Å²) < 4.78 is 0. The summed E-state index contributed by atoms with van der Waals surface area (Å²) >= 11 is 0. The van der Waals surface area contributed by atoms with Crippen LogP contribution in [0, 0.1) is 12.3 Å². The summed E-state index contributed by atoms with van der Waals surface area (Å²) in [4.78, 5) is 10.2. The van der Waals surface area contributed by atoms with Crippen molar-refractivity contribution in [1.82, 2.24) is 0 Å². The Kier molecular flexibility index (Phi) is 4.06. The summed E-state index contributed by atoms with van der Waals surface area (Å²) in [6.45, 7) is 1.55. The van der Waals surface area contributed by atoms with E-state index < -0.39 is 5.97 Å². The molecule has 10 heavy (non-hydrogen) atoms. The molecule has 0 aliphatic carbocycles. The summed E-state index contributed by atoms with van der Waals surface area (Å²) in [5.74, 6) is 1.55. The van der Waals surface area contributed by atoms with Gasteiger partial charge in [-0.3, -0.25) is 0 Å². The molecular formula is C8H10O2. The Morgan fingerprint density at radius 1 is 1.80 bits per heavy atom. The van der Waals surface area contributed by atoms with Gasteiger partial charge >= 0.3 is 5.97 Å². The van der Waals surface area contributed by atoms with Crippen molar-refractivity contribution in [3.63, 3.8) is 0 Å². The molecular weight excluding hydrogens is 128 g/mol. The highest BCUT2D eigenvalue weighted by atomic mass is 16.4. The van der Waals surface area contributed by atoms with E-state index in [4.69, 9.17) is 11.5 Å². The molecule has 2 nitrogen and oxygen atoms in total. The average molecular weight is 138 g/mol. The van der Waals surface area contributed by atoms with E-state index >= 15 is 0 Å². The minimum Gasteiger partial charge on any atom is -0.478 e. The van der Waals surface area contributed by atoms with Gasteiger partial charge in [-0.25, -0.2) is 4.79 Å². The van der Waals surface area contributed by atoms with E-state index in [9.17, 15) is 4.79 Å². The minimum atomic E-state index is -0.878. The van der Waals surface area contributed by atoms with Crippen molar-refractivity contribution in [2.45, 2.75) is 19.8 Å². The molecule has 0 heterocycles. The molecule has 0 aliphatic rings. The quantitative estimate of drug-likeness (QED) is 0.364. The second-order valence-electron chi connectivity index (χ2n) is 1.94. The molecule has 0 rings (SSSR count). The molecule has 0 amide bonds. The van der Waals surface area contributed by atoms with Crippen molar-refractivity contribution in [3.8, 4) is 12.3 Å². The van der Waals surface area contributed by atoms with Crippen LogP contribution < -0.4 is 0 Å². The minimum absolute atomic E-state index is 0.357. The third-order valence-electron chi connectivity index (χ3n) is 1.08. The number of aliphatic carboxylic acids is 1. The monoisotopic (exact) mass is 138 g/mol. The SMILES string of the molecule is C#CCCC=C(C)C(=O)O. The van der Waals surface area contributed by atoms with Gasteiger partial charge in [0.25, 0.3) is 0 Å². The fourth-order valence-electron chi connectivity index (χ4n) is 0.459. The zero-order valence-corrected chi connectivity index (χ0v) is 5.92. The topological polar surface area (TPSA) is 37.3 Å². The highest BCUT2D eigenvalue weighted by Crippen LogP contribution is 1.96. The summed E-state index contributed by atoms with van der Waals surface area (Å²) in [5, 5.41) is 8.36. The molecule has 0 aromatic carbocycles. The van der Waals surface area contributed by atoms with E-state index in [-0.39, 0.29) is 0 Å². The second kappa shape index (κ2) is 4.63. The van der Waals surface area contributed by atoms with Crippen LogP contribution in [0.3, 0.4) is 0 Å². The van der Waals surface area contributed by atoms with Gasteiger partial charge in [-0.15, -0.1) is 12.3 Å². The lowest BCUT2D eigenvalue weighted by molar-refractivity contribution is -0.132. The van der Waals surface area contributed by atoms with E-state index in [2.05, 4.69) is 5.92 Å². The molecule has 0 aromatic heterocycles. The standard InChI is InChI=1S/C8H10O2/c1-3-4-5-6-7(2)8(9)10/h1,6H,4-5H2,2H3,(H,9,10). The molecule has 0 saturated heterocycles. The zero-order valence-electron chi connectivity index (χ0n) is 5.92. The molecule has 0 bridgehead atoms. The Bertz CT molecular complexity index is 184. The van der Waals surface area contributed by atoms with Gasteiger partial charge < -0.3 is 5.11 Å². The largest absolute Gasteiger partial charge is 0.478 e. The maximum atomic E-state index is 10.2.